The summed E-state index contributed by atoms with van der Waals surface area (Å²) in [5, 5.41) is 6.53. The number of nitrogens with zero attached hydrogens (tertiary/aromatic N) is 2. The van der Waals surface area contributed by atoms with Gasteiger partial charge in [0.15, 0.2) is 5.82 Å². The summed E-state index contributed by atoms with van der Waals surface area (Å²) in [6, 6.07) is 7.21. The standard InChI is InChI=1S/C13H15N3O3S/c1-18-10-6-4-3-5-9(10)14-12(17)7-11-15-13(8-20-2)19-16-11/h3-6H,7-8H2,1-2H3,(H,14,17). The third-order valence-corrected chi connectivity index (χ3v) is 3.01. The van der Waals surface area contributed by atoms with E-state index in [1.165, 1.54) is 0 Å². The second-order valence-electron chi connectivity index (χ2n) is 3.96. The molecule has 1 aromatic heterocycles. The fraction of sp³-hybridized carbons (Fsp3) is 0.308. The van der Waals surface area contributed by atoms with Gasteiger partial charge in [-0.15, -0.1) is 0 Å². The Morgan fingerprint density at radius 3 is 3.00 bits per heavy atom. The van der Waals surface area contributed by atoms with Gasteiger partial charge in [0.05, 0.1) is 25.0 Å². The van der Waals surface area contributed by atoms with E-state index in [2.05, 4.69) is 15.5 Å². The third-order valence-electron chi connectivity index (χ3n) is 2.48. The average Bonchev–Trinajstić information content (AvgIpc) is 2.87. The normalized spacial score (nSPS) is 10.3. The van der Waals surface area contributed by atoms with Gasteiger partial charge in [-0.2, -0.15) is 16.7 Å². The molecule has 1 amide bonds. The fourth-order valence-electron chi connectivity index (χ4n) is 1.63. The summed E-state index contributed by atoms with van der Waals surface area (Å²) in [6.45, 7) is 0. The van der Waals surface area contributed by atoms with Crippen LogP contribution in [0.1, 0.15) is 11.7 Å². The molecule has 6 nitrogen and oxygen atoms in total. The van der Waals surface area contributed by atoms with Crippen molar-refractivity contribution >= 4 is 23.4 Å². The highest BCUT2D eigenvalue weighted by Gasteiger charge is 2.12. The lowest BCUT2D eigenvalue weighted by atomic mass is 10.2. The van der Waals surface area contributed by atoms with Crippen LogP contribution in [0.2, 0.25) is 0 Å². The Balaban J connectivity index is 1.97. The lowest BCUT2D eigenvalue weighted by molar-refractivity contribution is -0.115. The molecule has 0 aliphatic carbocycles. The zero-order valence-electron chi connectivity index (χ0n) is 11.3. The van der Waals surface area contributed by atoms with E-state index >= 15 is 0 Å². The molecule has 0 saturated carbocycles. The van der Waals surface area contributed by atoms with E-state index in [1.807, 2.05) is 18.4 Å². The number of nitrogens with one attached hydrogen (secondary N) is 1. The van der Waals surface area contributed by atoms with Gasteiger partial charge in [0.2, 0.25) is 11.8 Å². The minimum Gasteiger partial charge on any atom is -0.495 e. The Morgan fingerprint density at radius 1 is 1.45 bits per heavy atom. The summed E-state index contributed by atoms with van der Waals surface area (Å²) >= 11 is 1.58. The number of carbonyl (C=O) groups excluding carboxylic acids is 1. The van der Waals surface area contributed by atoms with Crippen LogP contribution in [0.4, 0.5) is 5.69 Å². The number of hydrogen-bond acceptors (Lipinski definition) is 6. The molecular weight excluding hydrogens is 278 g/mol. The molecule has 0 aliphatic rings. The Kier molecular flexibility index (Phi) is 5.00. The molecule has 0 radical (unpaired) electrons. The number of ether oxygens (including phenoxy) is 1. The maximum Gasteiger partial charge on any atom is 0.236 e. The molecular formula is C13H15N3O3S. The van der Waals surface area contributed by atoms with Crippen LogP contribution in [-0.4, -0.2) is 29.4 Å². The van der Waals surface area contributed by atoms with E-state index in [-0.39, 0.29) is 12.3 Å². The first-order valence-corrected chi connectivity index (χ1v) is 7.35. The van der Waals surface area contributed by atoms with Crippen molar-refractivity contribution in [1.29, 1.82) is 0 Å². The molecule has 0 unspecified atom stereocenters. The van der Waals surface area contributed by atoms with Gasteiger partial charge in [-0.1, -0.05) is 17.3 Å². The lowest BCUT2D eigenvalue weighted by Crippen LogP contribution is -2.15. The molecule has 0 bridgehead atoms. The molecule has 0 saturated heterocycles. The summed E-state index contributed by atoms with van der Waals surface area (Å²) in [5.41, 5.74) is 0.618. The number of benzene rings is 1. The summed E-state index contributed by atoms with van der Waals surface area (Å²) in [6.07, 6.45) is 2.01. The lowest BCUT2D eigenvalue weighted by Gasteiger charge is -2.08. The number of para-hydroxylation sites is 2. The van der Waals surface area contributed by atoms with Gasteiger partial charge in [-0.25, -0.2) is 0 Å². The molecule has 0 fully saturated rings. The Labute approximate surface area is 120 Å². The van der Waals surface area contributed by atoms with Crippen LogP contribution in [0.25, 0.3) is 0 Å². The highest BCUT2D eigenvalue weighted by Crippen LogP contribution is 2.23. The Bertz CT molecular complexity index is 586. The summed E-state index contributed by atoms with van der Waals surface area (Å²) in [5.74, 6) is 1.93. The van der Waals surface area contributed by atoms with Crippen molar-refractivity contribution in [3.63, 3.8) is 0 Å². The van der Waals surface area contributed by atoms with E-state index in [1.54, 1.807) is 31.0 Å². The van der Waals surface area contributed by atoms with Crippen LogP contribution in [0.5, 0.6) is 5.75 Å². The van der Waals surface area contributed by atoms with E-state index in [0.717, 1.165) is 0 Å². The largest absolute Gasteiger partial charge is 0.495 e. The first-order valence-electron chi connectivity index (χ1n) is 5.96. The maximum atomic E-state index is 11.9. The molecule has 2 aromatic rings. The molecule has 1 aromatic carbocycles. The zero-order valence-corrected chi connectivity index (χ0v) is 12.1. The van der Waals surface area contributed by atoms with E-state index < -0.39 is 0 Å². The van der Waals surface area contributed by atoms with Gasteiger partial charge in [-0.05, 0) is 18.4 Å². The van der Waals surface area contributed by atoms with Gasteiger partial charge in [0, 0.05) is 0 Å². The number of aromatic nitrogens is 2. The number of anilines is 1. The van der Waals surface area contributed by atoms with Crippen molar-refractivity contribution in [2.45, 2.75) is 12.2 Å². The third kappa shape index (κ3) is 3.74. The van der Waals surface area contributed by atoms with Gasteiger partial charge in [0.25, 0.3) is 0 Å². The van der Waals surface area contributed by atoms with Gasteiger partial charge in [0.1, 0.15) is 5.75 Å². The predicted molar refractivity (Wildman–Crippen MR) is 76.8 cm³/mol. The van der Waals surface area contributed by atoms with Crippen molar-refractivity contribution in [3.8, 4) is 5.75 Å². The average molecular weight is 293 g/mol. The van der Waals surface area contributed by atoms with Gasteiger partial charge < -0.3 is 14.6 Å². The van der Waals surface area contributed by atoms with Crippen LogP contribution in [-0.2, 0) is 17.0 Å². The highest BCUT2D eigenvalue weighted by molar-refractivity contribution is 7.97. The topological polar surface area (TPSA) is 77.2 Å². The number of carbonyl (C=O) groups is 1. The molecule has 0 spiro atoms. The monoisotopic (exact) mass is 293 g/mol. The highest BCUT2D eigenvalue weighted by atomic mass is 32.2. The van der Waals surface area contributed by atoms with Crippen LogP contribution in [0.3, 0.4) is 0 Å². The number of rotatable bonds is 6. The Morgan fingerprint density at radius 2 is 2.25 bits per heavy atom. The summed E-state index contributed by atoms with van der Waals surface area (Å²) < 4.78 is 10.2. The van der Waals surface area contributed by atoms with Crippen LogP contribution in [0, 0.1) is 0 Å². The van der Waals surface area contributed by atoms with Crippen molar-refractivity contribution in [3.05, 3.63) is 36.0 Å². The maximum absolute atomic E-state index is 11.9. The minimum atomic E-state index is -0.217. The first kappa shape index (κ1) is 14.4. The van der Waals surface area contributed by atoms with E-state index in [9.17, 15) is 4.79 Å². The van der Waals surface area contributed by atoms with Crippen molar-refractivity contribution in [2.24, 2.45) is 0 Å². The second-order valence-corrected chi connectivity index (χ2v) is 4.83. The number of amides is 1. The number of hydrogen-bond donors (Lipinski definition) is 1. The van der Waals surface area contributed by atoms with Crippen LogP contribution >= 0.6 is 11.8 Å². The minimum absolute atomic E-state index is 0.0654. The smallest absolute Gasteiger partial charge is 0.236 e. The second kappa shape index (κ2) is 6.95. The molecule has 20 heavy (non-hydrogen) atoms. The summed E-state index contributed by atoms with van der Waals surface area (Å²) in [7, 11) is 1.55. The number of thioether (sulfide) groups is 1. The zero-order chi connectivity index (χ0) is 14.4. The van der Waals surface area contributed by atoms with Crippen LogP contribution < -0.4 is 10.1 Å². The van der Waals surface area contributed by atoms with E-state index in [0.29, 0.717) is 28.9 Å². The van der Waals surface area contributed by atoms with Gasteiger partial charge >= 0.3 is 0 Å². The van der Waals surface area contributed by atoms with Crippen molar-refractivity contribution in [2.75, 3.05) is 18.7 Å². The first-order chi connectivity index (χ1) is 9.72. The Hall–Kier alpha value is -2.02. The molecule has 7 heteroatoms. The van der Waals surface area contributed by atoms with E-state index in [4.69, 9.17) is 9.26 Å². The predicted octanol–water partition coefficient (Wildman–Crippen LogP) is 2.12. The quantitative estimate of drug-likeness (QED) is 0.879. The molecule has 1 N–H and O–H groups in total. The molecule has 1 heterocycles. The fourth-order valence-corrected chi connectivity index (χ4v) is 1.99. The molecule has 0 atom stereocenters. The van der Waals surface area contributed by atoms with Crippen LogP contribution in [0.15, 0.2) is 28.8 Å². The van der Waals surface area contributed by atoms with Gasteiger partial charge in [-0.3, -0.25) is 4.79 Å². The van der Waals surface area contributed by atoms with Crippen molar-refractivity contribution < 1.29 is 14.1 Å². The summed E-state index contributed by atoms with van der Waals surface area (Å²) in [4.78, 5) is 16.1. The SMILES string of the molecule is COc1ccccc1NC(=O)Cc1noc(CSC)n1. The van der Waals surface area contributed by atoms with Crippen molar-refractivity contribution in [1.82, 2.24) is 10.1 Å². The molecule has 0 aliphatic heterocycles. The molecule has 2 rings (SSSR count). The molecule has 106 valence electrons. The number of methoxy groups -OCH3 is 1.